The maximum absolute atomic E-state index is 13.2. The second-order valence-electron chi connectivity index (χ2n) is 7.58. The van der Waals surface area contributed by atoms with Gasteiger partial charge in [0.25, 0.3) is 5.91 Å². The van der Waals surface area contributed by atoms with Gasteiger partial charge in [-0.25, -0.2) is 15.0 Å². The highest BCUT2D eigenvalue weighted by atomic mass is 35.5. The molecule has 1 fully saturated rings. The molecule has 0 bridgehead atoms. The molecule has 8 heteroatoms. The zero-order valence-corrected chi connectivity index (χ0v) is 16.6. The molecule has 4 rings (SSSR count). The zero-order valence-electron chi connectivity index (χ0n) is 15.9. The molecule has 1 saturated carbocycles. The molecule has 1 amide bonds. The highest BCUT2D eigenvalue weighted by Crippen LogP contribution is 2.48. The molecule has 28 heavy (non-hydrogen) atoms. The topological polar surface area (TPSA) is 89.8 Å². The molecule has 144 valence electrons. The molecule has 2 heterocycles. The van der Waals surface area contributed by atoms with Crippen molar-refractivity contribution >= 4 is 40.1 Å². The van der Waals surface area contributed by atoms with Gasteiger partial charge in [-0.05, 0) is 44.4 Å². The van der Waals surface area contributed by atoms with Gasteiger partial charge >= 0.3 is 0 Å². The summed E-state index contributed by atoms with van der Waals surface area (Å²) in [4.78, 5) is 39.2. The lowest BCUT2D eigenvalue weighted by Crippen LogP contribution is -2.36. The van der Waals surface area contributed by atoms with E-state index in [0.29, 0.717) is 27.6 Å². The Morgan fingerprint density at radius 2 is 1.96 bits per heavy atom. The molecule has 0 aliphatic heterocycles. The lowest BCUT2D eigenvalue weighted by atomic mass is 9.96. The van der Waals surface area contributed by atoms with Crippen molar-refractivity contribution in [3.8, 4) is 0 Å². The number of carbonyl (C=O) groups is 2. The molecule has 1 aliphatic carbocycles. The van der Waals surface area contributed by atoms with Crippen LogP contribution in [0.4, 0.5) is 5.69 Å². The number of benzene rings is 1. The van der Waals surface area contributed by atoms with Crippen LogP contribution in [0.5, 0.6) is 0 Å². The average Bonchev–Trinajstić information content (AvgIpc) is 3.26. The second-order valence-corrected chi connectivity index (χ2v) is 7.99. The highest BCUT2D eigenvalue weighted by Gasteiger charge is 2.50. The van der Waals surface area contributed by atoms with Gasteiger partial charge in [0.15, 0.2) is 17.5 Å². The molecular formula is C20H20ClN5O2. The Hall–Kier alpha value is -2.80. The molecule has 0 spiro atoms. The van der Waals surface area contributed by atoms with Crippen LogP contribution in [0, 0.1) is 19.3 Å². The van der Waals surface area contributed by atoms with E-state index in [9.17, 15) is 9.59 Å². The van der Waals surface area contributed by atoms with Crippen LogP contribution in [0.2, 0.25) is 5.02 Å². The number of aromatic nitrogens is 4. The van der Waals surface area contributed by atoms with Crippen LogP contribution in [0.25, 0.3) is 11.2 Å². The third-order valence-corrected chi connectivity index (χ3v) is 5.61. The first-order valence-electron chi connectivity index (χ1n) is 9.06. The molecule has 0 radical (unpaired) electrons. The summed E-state index contributed by atoms with van der Waals surface area (Å²) in [5.74, 6) is -0.608. The first-order chi connectivity index (χ1) is 13.3. The predicted octanol–water partition coefficient (Wildman–Crippen LogP) is 3.65. The van der Waals surface area contributed by atoms with Crippen LogP contribution in [0.3, 0.4) is 0 Å². The Kier molecular flexibility index (Phi) is 4.42. The van der Waals surface area contributed by atoms with Crippen LogP contribution >= 0.6 is 11.6 Å². The van der Waals surface area contributed by atoms with Gasteiger partial charge in [0, 0.05) is 5.41 Å². The summed E-state index contributed by atoms with van der Waals surface area (Å²) in [7, 11) is 0. The van der Waals surface area contributed by atoms with Gasteiger partial charge in [-0.2, -0.15) is 0 Å². The van der Waals surface area contributed by atoms with Crippen LogP contribution in [-0.2, 0) is 9.59 Å². The van der Waals surface area contributed by atoms with Gasteiger partial charge in [-0.1, -0.05) is 24.6 Å². The van der Waals surface area contributed by atoms with Crippen molar-refractivity contribution in [2.75, 3.05) is 5.32 Å². The van der Waals surface area contributed by atoms with Crippen LogP contribution in [0.1, 0.15) is 37.1 Å². The van der Waals surface area contributed by atoms with E-state index in [4.69, 9.17) is 11.6 Å². The smallest absolute Gasteiger partial charge is 0.255 e. The highest BCUT2D eigenvalue weighted by molar-refractivity contribution is 6.34. The zero-order chi connectivity index (χ0) is 20.1. The number of Topliss-reactive ketones (excluding diaryl/α,β-unsaturated/α-hetero) is 1. The number of halogens is 1. The van der Waals surface area contributed by atoms with Gasteiger partial charge in [0.1, 0.15) is 11.8 Å². The third-order valence-electron chi connectivity index (χ3n) is 5.29. The number of anilines is 1. The van der Waals surface area contributed by atoms with Crippen molar-refractivity contribution in [2.24, 2.45) is 5.41 Å². The number of nitrogens with zero attached hydrogens (tertiary/aromatic N) is 4. The second kappa shape index (κ2) is 6.67. The summed E-state index contributed by atoms with van der Waals surface area (Å²) in [6.45, 7) is 5.61. The summed E-state index contributed by atoms with van der Waals surface area (Å²) in [5, 5.41) is 3.22. The van der Waals surface area contributed by atoms with Crippen LogP contribution < -0.4 is 5.32 Å². The molecule has 0 saturated heterocycles. The molecule has 3 aromatic rings. The Bertz CT molecular complexity index is 1100. The third kappa shape index (κ3) is 3.16. The summed E-state index contributed by atoms with van der Waals surface area (Å²) in [5.41, 5.74) is 2.66. The molecular weight excluding hydrogens is 378 g/mol. The number of imidazole rings is 1. The monoisotopic (exact) mass is 397 g/mol. The number of fused-ring (bicyclic) bond motifs is 1. The number of amides is 1. The minimum absolute atomic E-state index is 0.149. The fourth-order valence-corrected chi connectivity index (χ4v) is 3.50. The number of aryl methyl sites for hydroxylation is 2. The molecule has 2 aromatic heterocycles. The fourth-order valence-electron chi connectivity index (χ4n) is 3.22. The van der Waals surface area contributed by atoms with Crippen LogP contribution in [-0.4, -0.2) is 31.2 Å². The minimum atomic E-state index is -1.08. The molecule has 1 aromatic carbocycles. The SMILES string of the molecule is Cc1ccc(NC(=O)C(C(=O)C2(C)CC2)n2cnc3c(C)ncnc32)c(Cl)c1. The Morgan fingerprint density at radius 1 is 1.21 bits per heavy atom. The normalized spacial score (nSPS) is 16.0. The van der Waals surface area contributed by atoms with Crippen molar-refractivity contribution in [1.82, 2.24) is 19.5 Å². The van der Waals surface area contributed by atoms with Crippen molar-refractivity contribution in [1.29, 1.82) is 0 Å². The molecule has 1 aliphatic rings. The van der Waals surface area contributed by atoms with E-state index in [-0.39, 0.29) is 5.78 Å². The van der Waals surface area contributed by atoms with Crippen molar-refractivity contribution in [3.05, 3.63) is 47.1 Å². The van der Waals surface area contributed by atoms with Gasteiger partial charge in [-0.3, -0.25) is 14.2 Å². The summed E-state index contributed by atoms with van der Waals surface area (Å²) in [6, 6.07) is 4.27. The Labute approximate surface area is 167 Å². The first kappa shape index (κ1) is 18.6. The number of rotatable bonds is 5. The maximum atomic E-state index is 13.2. The maximum Gasteiger partial charge on any atom is 0.255 e. The molecule has 1 unspecified atom stereocenters. The van der Waals surface area contributed by atoms with E-state index in [0.717, 1.165) is 18.4 Å². The van der Waals surface area contributed by atoms with E-state index < -0.39 is 17.4 Å². The van der Waals surface area contributed by atoms with Crippen molar-refractivity contribution in [2.45, 2.75) is 39.7 Å². The van der Waals surface area contributed by atoms with E-state index in [1.54, 1.807) is 12.1 Å². The van der Waals surface area contributed by atoms with Gasteiger partial charge in [-0.15, -0.1) is 0 Å². The average molecular weight is 398 g/mol. The number of hydrogen-bond donors (Lipinski definition) is 1. The standard InChI is InChI=1S/C20H20ClN5O2/c1-11-4-5-14(13(21)8-11)25-19(28)16(17(27)20(3)6-7-20)26-10-24-15-12(2)22-9-23-18(15)26/h4-5,8-10,16H,6-7H2,1-3H3,(H,25,28). The van der Waals surface area contributed by atoms with E-state index in [2.05, 4.69) is 20.3 Å². The minimum Gasteiger partial charge on any atom is -0.323 e. The van der Waals surface area contributed by atoms with Crippen molar-refractivity contribution in [3.63, 3.8) is 0 Å². The van der Waals surface area contributed by atoms with Gasteiger partial charge in [0.05, 0.1) is 22.7 Å². The molecule has 7 nitrogen and oxygen atoms in total. The quantitative estimate of drug-likeness (QED) is 0.664. The lowest BCUT2D eigenvalue weighted by molar-refractivity contribution is -0.133. The number of hydrogen-bond acceptors (Lipinski definition) is 5. The molecule has 1 atom stereocenters. The fraction of sp³-hybridized carbons (Fsp3) is 0.350. The predicted molar refractivity (Wildman–Crippen MR) is 106 cm³/mol. The summed E-state index contributed by atoms with van der Waals surface area (Å²) in [6.07, 6.45) is 4.42. The summed E-state index contributed by atoms with van der Waals surface area (Å²) < 4.78 is 1.54. The number of nitrogens with one attached hydrogen (secondary N) is 1. The Balaban J connectivity index is 1.76. The van der Waals surface area contributed by atoms with Crippen LogP contribution in [0.15, 0.2) is 30.9 Å². The van der Waals surface area contributed by atoms with Gasteiger partial charge in [0.2, 0.25) is 0 Å². The summed E-state index contributed by atoms with van der Waals surface area (Å²) >= 11 is 6.26. The van der Waals surface area contributed by atoms with Gasteiger partial charge < -0.3 is 5.32 Å². The van der Waals surface area contributed by atoms with E-state index in [1.807, 2.05) is 26.8 Å². The largest absolute Gasteiger partial charge is 0.323 e. The Morgan fingerprint density at radius 3 is 2.64 bits per heavy atom. The van der Waals surface area contributed by atoms with E-state index in [1.165, 1.54) is 17.2 Å². The lowest BCUT2D eigenvalue weighted by Gasteiger charge is -2.21. The van der Waals surface area contributed by atoms with E-state index >= 15 is 0 Å². The number of ketones is 1. The molecule has 1 N–H and O–H groups in total. The van der Waals surface area contributed by atoms with Crippen molar-refractivity contribution < 1.29 is 9.59 Å². The number of carbonyl (C=O) groups excluding carboxylic acids is 2. The first-order valence-corrected chi connectivity index (χ1v) is 9.43.